The predicted octanol–water partition coefficient (Wildman–Crippen LogP) is 2.84. The van der Waals surface area contributed by atoms with Gasteiger partial charge in [0.2, 0.25) is 5.91 Å². The largest absolute Gasteiger partial charge is 0.478 e. The van der Waals surface area contributed by atoms with E-state index in [9.17, 15) is 18.4 Å². The SMILES string of the molecule is O=C(Cc1ccccc1F)Nc1ccc(C(=O)O)c(F)c1. The average Bonchev–Trinajstić information content (AvgIpc) is 2.41. The van der Waals surface area contributed by atoms with Crippen molar-refractivity contribution in [1.29, 1.82) is 0 Å². The van der Waals surface area contributed by atoms with Crippen molar-refractivity contribution in [3.63, 3.8) is 0 Å². The summed E-state index contributed by atoms with van der Waals surface area (Å²) in [4.78, 5) is 22.4. The number of anilines is 1. The molecule has 0 saturated carbocycles. The number of carboxylic acids is 1. The van der Waals surface area contributed by atoms with Gasteiger partial charge in [0.15, 0.2) is 0 Å². The third-order valence-corrected chi connectivity index (χ3v) is 2.79. The van der Waals surface area contributed by atoms with Gasteiger partial charge in [0.1, 0.15) is 11.6 Å². The van der Waals surface area contributed by atoms with Gasteiger partial charge in [-0.25, -0.2) is 13.6 Å². The topological polar surface area (TPSA) is 66.4 Å². The molecular weight excluding hydrogens is 280 g/mol. The minimum atomic E-state index is -1.39. The van der Waals surface area contributed by atoms with Crippen molar-refractivity contribution in [1.82, 2.24) is 0 Å². The van der Waals surface area contributed by atoms with Crippen LogP contribution in [0.2, 0.25) is 0 Å². The van der Waals surface area contributed by atoms with Crippen LogP contribution in [0.15, 0.2) is 42.5 Å². The Morgan fingerprint density at radius 3 is 2.38 bits per heavy atom. The van der Waals surface area contributed by atoms with Crippen LogP contribution < -0.4 is 5.32 Å². The van der Waals surface area contributed by atoms with Gasteiger partial charge >= 0.3 is 5.97 Å². The zero-order chi connectivity index (χ0) is 15.4. The van der Waals surface area contributed by atoms with Crippen molar-refractivity contribution < 1.29 is 23.5 Å². The van der Waals surface area contributed by atoms with E-state index < -0.39 is 29.1 Å². The molecule has 0 heterocycles. The van der Waals surface area contributed by atoms with Gasteiger partial charge in [0.25, 0.3) is 0 Å². The summed E-state index contributed by atoms with van der Waals surface area (Å²) in [6.45, 7) is 0. The van der Waals surface area contributed by atoms with Crippen LogP contribution in [0.1, 0.15) is 15.9 Å². The Kier molecular flexibility index (Phi) is 4.27. The molecule has 6 heteroatoms. The molecule has 0 spiro atoms. The van der Waals surface area contributed by atoms with Crippen LogP contribution in [0, 0.1) is 11.6 Å². The van der Waals surface area contributed by atoms with E-state index in [1.165, 1.54) is 24.3 Å². The van der Waals surface area contributed by atoms with Gasteiger partial charge in [-0.2, -0.15) is 0 Å². The fraction of sp³-hybridized carbons (Fsp3) is 0.0667. The van der Waals surface area contributed by atoms with Crippen LogP contribution >= 0.6 is 0 Å². The van der Waals surface area contributed by atoms with Crippen LogP contribution in [0.5, 0.6) is 0 Å². The molecule has 108 valence electrons. The maximum absolute atomic E-state index is 13.5. The van der Waals surface area contributed by atoms with Gasteiger partial charge in [0, 0.05) is 5.69 Å². The van der Waals surface area contributed by atoms with Crippen molar-refractivity contribution in [3.8, 4) is 0 Å². The first-order chi connectivity index (χ1) is 9.97. The second kappa shape index (κ2) is 6.13. The molecule has 0 radical (unpaired) electrons. The number of carboxylic acid groups (broad SMARTS) is 1. The maximum Gasteiger partial charge on any atom is 0.338 e. The molecule has 0 bridgehead atoms. The highest BCUT2D eigenvalue weighted by Crippen LogP contribution is 2.15. The molecule has 0 saturated heterocycles. The molecule has 2 N–H and O–H groups in total. The van der Waals surface area contributed by atoms with Gasteiger partial charge in [0.05, 0.1) is 12.0 Å². The fourth-order valence-corrected chi connectivity index (χ4v) is 1.79. The summed E-state index contributed by atoms with van der Waals surface area (Å²) in [5.74, 6) is -3.37. The van der Waals surface area contributed by atoms with Crippen LogP contribution in [-0.4, -0.2) is 17.0 Å². The number of carbonyl (C=O) groups excluding carboxylic acids is 1. The molecular formula is C15H11F2NO3. The van der Waals surface area contributed by atoms with E-state index in [2.05, 4.69) is 5.32 Å². The standard InChI is InChI=1S/C15H11F2NO3/c16-12-4-2-1-3-9(12)7-14(19)18-10-5-6-11(15(20)21)13(17)8-10/h1-6,8H,7H2,(H,18,19)(H,20,21). The van der Waals surface area contributed by atoms with Crippen molar-refractivity contribution >= 4 is 17.6 Å². The van der Waals surface area contributed by atoms with Crippen LogP contribution in [0.25, 0.3) is 0 Å². The number of benzene rings is 2. The molecule has 2 aromatic rings. The van der Waals surface area contributed by atoms with Gasteiger partial charge < -0.3 is 10.4 Å². The van der Waals surface area contributed by atoms with E-state index in [1.54, 1.807) is 6.07 Å². The number of amides is 1. The maximum atomic E-state index is 13.5. The van der Waals surface area contributed by atoms with Crippen molar-refractivity contribution in [3.05, 3.63) is 65.2 Å². The van der Waals surface area contributed by atoms with E-state index >= 15 is 0 Å². The first-order valence-corrected chi connectivity index (χ1v) is 6.03. The fourth-order valence-electron chi connectivity index (χ4n) is 1.79. The molecule has 2 rings (SSSR count). The molecule has 0 atom stereocenters. The summed E-state index contributed by atoms with van der Waals surface area (Å²) >= 11 is 0. The molecule has 21 heavy (non-hydrogen) atoms. The normalized spacial score (nSPS) is 10.2. The molecule has 0 fully saturated rings. The monoisotopic (exact) mass is 291 g/mol. The van der Waals surface area contributed by atoms with Crippen molar-refractivity contribution in [2.75, 3.05) is 5.32 Å². The van der Waals surface area contributed by atoms with Crippen molar-refractivity contribution in [2.45, 2.75) is 6.42 Å². The van der Waals surface area contributed by atoms with E-state index in [0.717, 1.165) is 12.1 Å². The van der Waals surface area contributed by atoms with Crippen LogP contribution in [-0.2, 0) is 11.2 Å². The Bertz CT molecular complexity index is 701. The second-order valence-electron chi connectivity index (χ2n) is 4.32. The number of nitrogens with one attached hydrogen (secondary N) is 1. The molecule has 0 aliphatic carbocycles. The first-order valence-electron chi connectivity index (χ1n) is 6.03. The molecule has 2 aromatic carbocycles. The average molecular weight is 291 g/mol. The molecule has 0 unspecified atom stereocenters. The Labute approximate surface area is 119 Å². The minimum absolute atomic E-state index is 0.110. The summed E-state index contributed by atoms with van der Waals surface area (Å²) < 4.78 is 26.8. The highest BCUT2D eigenvalue weighted by molar-refractivity contribution is 5.93. The zero-order valence-corrected chi connectivity index (χ0v) is 10.8. The minimum Gasteiger partial charge on any atom is -0.478 e. The molecule has 0 aromatic heterocycles. The van der Waals surface area contributed by atoms with Crippen molar-refractivity contribution in [2.24, 2.45) is 0 Å². The highest BCUT2D eigenvalue weighted by atomic mass is 19.1. The van der Waals surface area contributed by atoms with Gasteiger partial charge in [-0.15, -0.1) is 0 Å². The van der Waals surface area contributed by atoms with E-state index in [1.807, 2.05) is 0 Å². The summed E-state index contributed by atoms with van der Waals surface area (Å²) in [6.07, 6.45) is -0.199. The lowest BCUT2D eigenvalue weighted by Gasteiger charge is -2.07. The third-order valence-electron chi connectivity index (χ3n) is 2.79. The number of aromatic carboxylic acids is 1. The van der Waals surface area contributed by atoms with E-state index in [4.69, 9.17) is 5.11 Å². The summed E-state index contributed by atoms with van der Waals surface area (Å²) in [5.41, 5.74) is -0.154. The van der Waals surface area contributed by atoms with E-state index in [-0.39, 0.29) is 17.7 Å². The molecule has 0 aliphatic rings. The number of halogens is 2. The zero-order valence-electron chi connectivity index (χ0n) is 10.8. The Morgan fingerprint density at radius 2 is 1.76 bits per heavy atom. The molecule has 1 amide bonds. The van der Waals surface area contributed by atoms with Gasteiger partial charge in [-0.3, -0.25) is 4.79 Å². The summed E-state index contributed by atoms with van der Waals surface area (Å²) in [7, 11) is 0. The van der Waals surface area contributed by atoms with Gasteiger partial charge in [-0.1, -0.05) is 18.2 Å². The summed E-state index contributed by atoms with van der Waals surface area (Å²) in [5, 5.41) is 11.1. The molecule has 4 nitrogen and oxygen atoms in total. The van der Waals surface area contributed by atoms with Gasteiger partial charge in [-0.05, 0) is 29.8 Å². The lowest BCUT2D eigenvalue weighted by molar-refractivity contribution is -0.115. The second-order valence-corrected chi connectivity index (χ2v) is 4.32. The number of rotatable bonds is 4. The predicted molar refractivity (Wildman–Crippen MR) is 72.1 cm³/mol. The number of hydrogen-bond acceptors (Lipinski definition) is 2. The van der Waals surface area contributed by atoms with Crippen LogP contribution in [0.3, 0.4) is 0 Å². The Hall–Kier alpha value is -2.76. The summed E-state index contributed by atoms with van der Waals surface area (Å²) in [6, 6.07) is 9.06. The lowest BCUT2D eigenvalue weighted by atomic mass is 10.1. The Balaban J connectivity index is 2.08. The van der Waals surface area contributed by atoms with Crippen LogP contribution in [0.4, 0.5) is 14.5 Å². The first kappa shape index (κ1) is 14.6. The molecule has 0 aliphatic heterocycles. The Morgan fingerprint density at radius 1 is 1.05 bits per heavy atom. The highest BCUT2D eigenvalue weighted by Gasteiger charge is 2.12. The third kappa shape index (κ3) is 3.62. The number of hydrogen-bond donors (Lipinski definition) is 2. The number of carbonyl (C=O) groups is 2. The van der Waals surface area contributed by atoms with E-state index in [0.29, 0.717) is 0 Å². The smallest absolute Gasteiger partial charge is 0.338 e. The lowest BCUT2D eigenvalue weighted by Crippen LogP contribution is -2.15. The quantitative estimate of drug-likeness (QED) is 0.910.